The van der Waals surface area contributed by atoms with Gasteiger partial charge in [-0.25, -0.2) is 9.97 Å². The Balaban J connectivity index is 2.15. The van der Waals surface area contributed by atoms with E-state index in [-0.39, 0.29) is 0 Å². The zero-order valence-corrected chi connectivity index (χ0v) is 9.22. The number of alkyl halides is 1. The molecule has 0 aliphatic rings. The maximum atomic E-state index is 5.57. The summed E-state index contributed by atoms with van der Waals surface area (Å²) in [5, 5.41) is 3.17. The molecule has 1 rings (SSSR count). The van der Waals surface area contributed by atoms with E-state index in [1.54, 1.807) is 0 Å². The van der Waals surface area contributed by atoms with Crippen LogP contribution in [0.2, 0.25) is 0 Å². The van der Waals surface area contributed by atoms with Crippen LogP contribution in [0.25, 0.3) is 0 Å². The number of hydrogen-bond acceptors (Lipinski definition) is 3. The molecule has 0 unspecified atom stereocenters. The van der Waals surface area contributed by atoms with Gasteiger partial charge < -0.3 is 5.32 Å². The number of hydrogen-bond donors (Lipinski definition) is 1. The Labute approximate surface area is 89.9 Å². The van der Waals surface area contributed by atoms with Gasteiger partial charge in [-0.05, 0) is 25.3 Å². The summed E-state index contributed by atoms with van der Waals surface area (Å²) in [4.78, 5) is 8.30. The van der Waals surface area contributed by atoms with Gasteiger partial charge in [-0.3, -0.25) is 0 Å². The van der Waals surface area contributed by atoms with Crippen molar-refractivity contribution in [1.82, 2.24) is 9.97 Å². The second kappa shape index (κ2) is 6.60. The molecule has 78 valence electrons. The van der Waals surface area contributed by atoms with Crippen LogP contribution in [-0.4, -0.2) is 22.4 Å². The number of aryl methyl sites for hydroxylation is 1. The van der Waals surface area contributed by atoms with Crippen molar-refractivity contribution >= 4 is 17.5 Å². The number of anilines is 1. The van der Waals surface area contributed by atoms with Crippen molar-refractivity contribution in [1.29, 1.82) is 0 Å². The molecule has 0 saturated heterocycles. The standard InChI is InChI=1S/C10H16ClN3/c1-9-7-13-10(14-8-9)12-6-4-2-3-5-11/h7-8H,2-6H2,1H3,(H,12,13,14). The van der Waals surface area contributed by atoms with Crippen molar-refractivity contribution in [3.63, 3.8) is 0 Å². The molecule has 4 heteroatoms. The summed E-state index contributed by atoms with van der Waals surface area (Å²) in [5.74, 6) is 1.46. The van der Waals surface area contributed by atoms with Gasteiger partial charge in [0.15, 0.2) is 0 Å². The van der Waals surface area contributed by atoms with Crippen LogP contribution in [-0.2, 0) is 0 Å². The number of nitrogens with one attached hydrogen (secondary N) is 1. The van der Waals surface area contributed by atoms with Gasteiger partial charge in [0.05, 0.1) is 0 Å². The Morgan fingerprint density at radius 3 is 2.57 bits per heavy atom. The number of rotatable bonds is 6. The predicted octanol–water partition coefficient (Wildman–Crippen LogP) is 2.61. The Hall–Kier alpha value is -0.830. The van der Waals surface area contributed by atoms with Crippen molar-refractivity contribution in [2.24, 2.45) is 0 Å². The molecule has 1 N–H and O–H groups in total. The quantitative estimate of drug-likeness (QED) is 0.583. The second-order valence-corrected chi connectivity index (χ2v) is 3.64. The number of nitrogens with zero attached hydrogens (tertiary/aromatic N) is 2. The Morgan fingerprint density at radius 1 is 1.21 bits per heavy atom. The molecule has 0 bridgehead atoms. The highest BCUT2D eigenvalue weighted by Crippen LogP contribution is 2.01. The zero-order chi connectivity index (χ0) is 10.2. The van der Waals surface area contributed by atoms with Gasteiger partial charge in [-0.2, -0.15) is 0 Å². The van der Waals surface area contributed by atoms with Crippen LogP contribution in [0.1, 0.15) is 24.8 Å². The molecule has 1 aromatic rings. The van der Waals surface area contributed by atoms with Gasteiger partial charge >= 0.3 is 0 Å². The van der Waals surface area contributed by atoms with Crippen LogP contribution in [0, 0.1) is 6.92 Å². The number of aromatic nitrogens is 2. The lowest BCUT2D eigenvalue weighted by Gasteiger charge is -2.03. The van der Waals surface area contributed by atoms with Gasteiger partial charge in [0.25, 0.3) is 0 Å². The Kier molecular flexibility index (Phi) is 5.30. The topological polar surface area (TPSA) is 37.8 Å². The average molecular weight is 214 g/mol. The minimum Gasteiger partial charge on any atom is -0.354 e. The first-order valence-electron chi connectivity index (χ1n) is 4.91. The van der Waals surface area contributed by atoms with Crippen LogP contribution in [0.3, 0.4) is 0 Å². The third-order valence-corrected chi connectivity index (χ3v) is 2.14. The SMILES string of the molecule is Cc1cnc(NCCCCCCl)nc1. The molecule has 0 fully saturated rings. The molecule has 14 heavy (non-hydrogen) atoms. The van der Waals surface area contributed by atoms with Gasteiger partial charge in [0.2, 0.25) is 5.95 Å². The van der Waals surface area contributed by atoms with E-state index in [4.69, 9.17) is 11.6 Å². The largest absolute Gasteiger partial charge is 0.354 e. The molecule has 1 heterocycles. The van der Waals surface area contributed by atoms with E-state index in [0.29, 0.717) is 5.95 Å². The lowest BCUT2D eigenvalue weighted by Crippen LogP contribution is -2.05. The van der Waals surface area contributed by atoms with Gasteiger partial charge in [0.1, 0.15) is 0 Å². The second-order valence-electron chi connectivity index (χ2n) is 3.26. The van der Waals surface area contributed by atoms with E-state index in [1.165, 1.54) is 0 Å². The summed E-state index contributed by atoms with van der Waals surface area (Å²) in [6.45, 7) is 2.89. The fourth-order valence-corrected chi connectivity index (χ4v) is 1.27. The maximum absolute atomic E-state index is 5.57. The molecular formula is C10H16ClN3. The minimum atomic E-state index is 0.710. The third kappa shape index (κ3) is 4.42. The summed E-state index contributed by atoms with van der Waals surface area (Å²) in [5.41, 5.74) is 1.08. The lowest BCUT2D eigenvalue weighted by molar-refractivity contribution is 0.744. The molecule has 0 spiro atoms. The highest BCUT2D eigenvalue weighted by atomic mass is 35.5. The van der Waals surface area contributed by atoms with E-state index >= 15 is 0 Å². The molecule has 0 radical (unpaired) electrons. The van der Waals surface area contributed by atoms with Gasteiger partial charge in [-0.1, -0.05) is 6.42 Å². The van der Waals surface area contributed by atoms with Crippen molar-refractivity contribution in [3.05, 3.63) is 18.0 Å². The van der Waals surface area contributed by atoms with E-state index in [1.807, 2.05) is 19.3 Å². The van der Waals surface area contributed by atoms with E-state index in [2.05, 4.69) is 15.3 Å². The number of halogens is 1. The molecule has 0 aliphatic carbocycles. The highest BCUT2D eigenvalue weighted by molar-refractivity contribution is 6.17. The summed E-state index contributed by atoms with van der Waals surface area (Å²) in [7, 11) is 0. The summed E-state index contributed by atoms with van der Waals surface area (Å²) >= 11 is 5.57. The lowest BCUT2D eigenvalue weighted by atomic mass is 10.2. The number of unbranched alkanes of at least 4 members (excludes halogenated alkanes) is 2. The molecule has 1 aromatic heterocycles. The first-order chi connectivity index (χ1) is 6.83. The molecule has 0 saturated carbocycles. The van der Waals surface area contributed by atoms with Gasteiger partial charge in [-0.15, -0.1) is 11.6 Å². The van der Waals surface area contributed by atoms with Crippen LogP contribution < -0.4 is 5.32 Å². The van der Waals surface area contributed by atoms with Crippen molar-refractivity contribution < 1.29 is 0 Å². The third-order valence-electron chi connectivity index (χ3n) is 1.87. The molecule has 0 amide bonds. The smallest absolute Gasteiger partial charge is 0.222 e. The average Bonchev–Trinajstić information content (AvgIpc) is 2.21. The van der Waals surface area contributed by atoms with E-state index in [9.17, 15) is 0 Å². The molecule has 0 aliphatic heterocycles. The fraction of sp³-hybridized carbons (Fsp3) is 0.600. The van der Waals surface area contributed by atoms with Gasteiger partial charge in [0, 0.05) is 24.8 Å². The molecule has 0 aromatic carbocycles. The molecule has 0 atom stereocenters. The molecular weight excluding hydrogens is 198 g/mol. The van der Waals surface area contributed by atoms with Crippen LogP contribution in [0.5, 0.6) is 0 Å². The summed E-state index contributed by atoms with van der Waals surface area (Å²) < 4.78 is 0. The van der Waals surface area contributed by atoms with Crippen LogP contribution >= 0.6 is 11.6 Å². The van der Waals surface area contributed by atoms with Crippen molar-refractivity contribution in [2.75, 3.05) is 17.7 Å². The van der Waals surface area contributed by atoms with Crippen LogP contribution in [0.4, 0.5) is 5.95 Å². The summed E-state index contributed by atoms with van der Waals surface area (Å²) in [6.07, 6.45) is 6.98. The normalized spacial score (nSPS) is 10.1. The maximum Gasteiger partial charge on any atom is 0.222 e. The Bertz CT molecular complexity index is 248. The predicted molar refractivity (Wildman–Crippen MR) is 59.8 cm³/mol. The van der Waals surface area contributed by atoms with Crippen molar-refractivity contribution in [3.8, 4) is 0 Å². The van der Waals surface area contributed by atoms with E-state index in [0.717, 1.165) is 37.3 Å². The minimum absolute atomic E-state index is 0.710. The summed E-state index contributed by atoms with van der Waals surface area (Å²) in [6, 6.07) is 0. The first kappa shape index (κ1) is 11.2. The Morgan fingerprint density at radius 2 is 1.93 bits per heavy atom. The first-order valence-corrected chi connectivity index (χ1v) is 5.45. The highest BCUT2D eigenvalue weighted by Gasteiger charge is 1.93. The monoisotopic (exact) mass is 213 g/mol. The van der Waals surface area contributed by atoms with Crippen molar-refractivity contribution in [2.45, 2.75) is 26.2 Å². The van der Waals surface area contributed by atoms with Crippen LogP contribution in [0.15, 0.2) is 12.4 Å². The fourth-order valence-electron chi connectivity index (χ4n) is 1.08. The van der Waals surface area contributed by atoms with E-state index < -0.39 is 0 Å². The molecule has 3 nitrogen and oxygen atoms in total. The zero-order valence-electron chi connectivity index (χ0n) is 8.46.